The molecule has 0 unspecified atom stereocenters. The van der Waals surface area contributed by atoms with Gasteiger partial charge in [-0.1, -0.05) is 54.1 Å². The van der Waals surface area contributed by atoms with E-state index in [-0.39, 0.29) is 30.5 Å². The maximum atomic E-state index is 12.2. The fraction of sp³-hybridized carbons (Fsp3) is 0.190. The van der Waals surface area contributed by atoms with E-state index in [2.05, 4.69) is 10.4 Å². The molecule has 1 aromatic heterocycles. The number of carbonyl (C=O) groups excluding carboxylic acids is 1. The number of nitrogens with zero attached hydrogens (tertiary/aromatic N) is 2. The number of rotatable bonds is 6. The summed E-state index contributed by atoms with van der Waals surface area (Å²) in [5.74, 6) is -0.128. The summed E-state index contributed by atoms with van der Waals surface area (Å²) in [7, 11) is 0. The van der Waals surface area contributed by atoms with Gasteiger partial charge in [-0.25, -0.2) is 4.68 Å². The van der Waals surface area contributed by atoms with Crippen LogP contribution < -0.4 is 10.9 Å². The van der Waals surface area contributed by atoms with Crippen molar-refractivity contribution in [1.82, 2.24) is 15.1 Å². The van der Waals surface area contributed by atoms with Gasteiger partial charge in [0.2, 0.25) is 5.91 Å². The summed E-state index contributed by atoms with van der Waals surface area (Å²) in [6, 6.07) is 20.0. The number of nitrogens with one attached hydrogen (secondary N) is 1. The zero-order valence-electron chi connectivity index (χ0n) is 14.9. The van der Waals surface area contributed by atoms with Crippen molar-refractivity contribution in [2.24, 2.45) is 0 Å². The van der Waals surface area contributed by atoms with E-state index in [1.165, 1.54) is 10.7 Å². The summed E-state index contributed by atoms with van der Waals surface area (Å²) >= 11 is 5.91. The molecule has 1 amide bonds. The smallest absolute Gasteiger partial charge is 0.266 e. The first-order valence-electron chi connectivity index (χ1n) is 8.71. The lowest BCUT2D eigenvalue weighted by molar-refractivity contribution is -0.122. The normalized spacial score (nSPS) is 11.8. The molecule has 1 atom stereocenters. The van der Waals surface area contributed by atoms with Gasteiger partial charge >= 0.3 is 0 Å². The van der Waals surface area contributed by atoms with Crippen molar-refractivity contribution in [1.29, 1.82) is 0 Å². The molecular formula is C21H20ClN3O2. The van der Waals surface area contributed by atoms with Crippen LogP contribution in [0.4, 0.5) is 0 Å². The Morgan fingerprint density at radius 3 is 2.48 bits per heavy atom. The van der Waals surface area contributed by atoms with Gasteiger partial charge in [0.15, 0.2) is 0 Å². The van der Waals surface area contributed by atoms with Crippen molar-refractivity contribution in [2.45, 2.75) is 25.9 Å². The summed E-state index contributed by atoms with van der Waals surface area (Å²) < 4.78 is 1.32. The predicted octanol–water partition coefficient (Wildman–Crippen LogP) is 3.83. The number of hydrogen-bond donors (Lipinski definition) is 1. The van der Waals surface area contributed by atoms with Crippen molar-refractivity contribution in [3.8, 4) is 11.3 Å². The summed E-state index contributed by atoms with van der Waals surface area (Å²) in [6.07, 6.45) is 0.175. The predicted molar refractivity (Wildman–Crippen MR) is 107 cm³/mol. The second kappa shape index (κ2) is 8.64. The van der Waals surface area contributed by atoms with Gasteiger partial charge in [0, 0.05) is 23.1 Å². The first-order chi connectivity index (χ1) is 13.0. The minimum absolute atomic E-state index is 0.0937. The molecule has 1 heterocycles. The number of carbonyl (C=O) groups is 1. The van der Waals surface area contributed by atoms with Gasteiger partial charge in [0.25, 0.3) is 5.56 Å². The van der Waals surface area contributed by atoms with Crippen LogP contribution in [-0.4, -0.2) is 15.7 Å². The lowest BCUT2D eigenvalue weighted by Crippen LogP contribution is -2.30. The zero-order valence-corrected chi connectivity index (χ0v) is 15.7. The number of hydrogen-bond acceptors (Lipinski definition) is 3. The molecule has 3 rings (SSSR count). The number of amides is 1. The number of benzene rings is 2. The molecule has 0 saturated heterocycles. The highest BCUT2D eigenvalue weighted by Gasteiger charge is 2.10. The van der Waals surface area contributed by atoms with Crippen LogP contribution >= 0.6 is 11.6 Å². The third-order valence-electron chi connectivity index (χ3n) is 4.23. The Labute approximate surface area is 162 Å². The lowest BCUT2D eigenvalue weighted by Gasteiger charge is -2.14. The van der Waals surface area contributed by atoms with E-state index in [1.807, 2.05) is 49.4 Å². The molecule has 2 aromatic carbocycles. The van der Waals surface area contributed by atoms with Crippen LogP contribution in [0.5, 0.6) is 0 Å². The van der Waals surface area contributed by atoms with E-state index in [0.717, 1.165) is 11.1 Å². The zero-order chi connectivity index (χ0) is 19.2. The Hall–Kier alpha value is -2.92. The SMILES string of the molecule is C[C@@H](NC(=O)CCn1nc(-c2ccc(Cl)cc2)ccc1=O)c1ccccc1. The van der Waals surface area contributed by atoms with Crippen LogP contribution in [-0.2, 0) is 11.3 Å². The van der Waals surface area contributed by atoms with E-state index in [0.29, 0.717) is 10.7 Å². The number of halogens is 1. The van der Waals surface area contributed by atoms with Gasteiger partial charge in [0.05, 0.1) is 18.3 Å². The van der Waals surface area contributed by atoms with E-state index in [1.54, 1.807) is 18.2 Å². The second-order valence-corrected chi connectivity index (χ2v) is 6.67. The van der Waals surface area contributed by atoms with Crippen LogP contribution in [0.3, 0.4) is 0 Å². The molecule has 5 nitrogen and oxygen atoms in total. The van der Waals surface area contributed by atoms with E-state index in [9.17, 15) is 9.59 Å². The minimum atomic E-state index is -0.239. The molecule has 27 heavy (non-hydrogen) atoms. The van der Waals surface area contributed by atoms with Crippen molar-refractivity contribution < 1.29 is 4.79 Å². The molecule has 0 saturated carbocycles. The topological polar surface area (TPSA) is 64.0 Å². The molecule has 3 aromatic rings. The van der Waals surface area contributed by atoms with Crippen molar-refractivity contribution in [2.75, 3.05) is 0 Å². The lowest BCUT2D eigenvalue weighted by atomic mass is 10.1. The highest BCUT2D eigenvalue weighted by molar-refractivity contribution is 6.30. The summed E-state index contributed by atoms with van der Waals surface area (Å²) in [5.41, 5.74) is 2.31. The molecule has 1 N–H and O–H groups in total. The van der Waals surface area contributed by atoms with Crippen molar-refractivity contribution in [3.05, 3.63) is 87.7 Å². The molecule has 0 fully saturated rings. The van der Waals surface area contributed by atoms with Gasteiger partial charge in [-0.15, -0.1) is 0 Å². The average Bonchev–Trinajstić information content (AvgIpc) is 2.68. The van der Waals surface area contributed by atoms with Crippen LogP contribution in [0.1, 0.15) is 24.9 Å². The third-order valence-corrected chi connectivity index (χ3v) is 4.49. The quantitative estimate of drug-likeness (QED) is 0.705. The maximum absolute atomic E-state index is 12.2. The second-order valence-electron chi connectivity index (χ2n) is 6.24. The largest absolute Gasteiger partial charge is 0.350 e. The van der Waals surface area contributed by atoms with Crippen molar-refractivity contribution >= 4 is 17.5 Å². The highest BCUT2D eigenvalue weighted by Crippen LogP contribution is 2.18. The molecule has 0 aliphatic rings. The van der Waals surface area contributed by atoms with E-state index in [4.69, 9.17) is 11.6 Å². The summed E-state index contributed by atoms with van der Waals surface area (Å²) in [4.78, 5) is 24.3. The average molecular weight is 382 g/mol. The number of aryl methyl sites for hydroxylation is 1. The van der Waals surface area contributed by atoms with Crippen LogP contribution in [0.2, 0.25) is 5.02 Å². The van der Waals surface area contributed by atoms with Crippen LogP contribution in [0.25, 0.3) is 11.3 Å². The van der Waals surface area contributed by atoms with Crippen LogP contribution in [0, 0.1) is 0 Å². The Bertz CT molecular complexity index is 969. The van der Waals surface area contributed by atoms with Gasteiger partial charge in [0.1, 0.15) is 0 Å². The maximum Gasteiger partial charge on any atom is 0.266 e. The molecule has 0 aliphatic carbocycles. The van der Waals surface area contributed by atoms with E-state index < -0.39 is 0 Å². The minimum Gasteiger partial charge on any atom is -0.350 e. The van der Waals surface area contributed by atoms with Gasteiger partial charge in [-0.3, -0.25) is 9.59 Å². The molecule has 0 radical (unpaired) electrons. The molecule has 6 heteroatoms. The fourth-order valence-corrected chi connectivity index (χ4v) is 2.86. The Morgan fingerprint density at radius 2 is 1.78 bits per heavy atom. The molecule has 0 aliphatic heterocycles. The van der Waals surface area contributed by atoms with E-state index >= 15 is 0 Å². The fourth-order valence-electron chi connectivity index (χ4n) is 2.73. The number of aromatic nitrogens is 2. The molecule has 138 valence electrons. The Kier molecular flexibility index (Phi) is 6.04. The molecular weight excluding hydrogens is 362 g/mol. The van der Waals surface area contributed by atoms with Crippen molar-refractivity contribution in [3.63, 3.8) is 0 Å². The molecule has 0 spiro atoms. The first-order valence-corrected chi connectivity index (χ1v) is 9.09. The standard InChI is InChI=1S/C21H20ClN3O2/c1-15(16-5-3-2-4-6-16)23-20(26)13-14-25-21(27)12-11-19(24-25)17-7-9-18(22)10-8-17/h2-12,15H,13-14H2,1H3,(H,23,26)/t15-/m1/s1. The van der Waals surface area contributed by atoms with Gasteiger partial charge < -0.3 is 5.32 Å². The summed E-state index contributed by atoms with van der Waals surface area (Å²) in [5, 5.41) is 7.94. The summed E-state index contributed by atoms with van der Waals surface area (Å²) in [6.45, 7) is 2.15. The molecule has 0 bridgehead atoms. The first kappa shape index (κ1) is 18.9. The Balaban J connectivity index is 1.65. The Morgan fingerprint density at radius 1 is 1.07 bits per heavy atom. The van der Waals surface area contributed by atoms with Gasteiger partial charge in [-0.2, -0.15) is 5.10 Å². The van der Waals surface area contributed by atoms with Gasteiger partial charge in [-0.05, 0) is 30.7 Å². The monoisotopic (exact) mass is 381 g/mol. The third kappa shape index (κ3) is 5.05. The van der Waals surface area contributed by atoms with Crippen LogP contribution in [0.15, 0.2) is 71.5 Å². The highest BCUT2D eigenvalue weighted by atomic mass is 35.5.